The topological polar surface area (TPSA) is 400 Å². The first kappa shape index (κ1) is 63.3. The van der Waals surface area contributed by atoms with Crippen LogP contribution in [0.2, 0.25) is 0 Å². The summed E-state index contributed by atoms with van der Waals surface area (Å²) in [4.78, 5) is 131. The van der Waals surface area contributed by atoms with Gasteiger partial charge in [-0.2, -0.15) is 11.8 Å². The van der Waals surface area contributed by atoms with Crippen LogP contribution in [0.3, 0.4) is 0 Å². The van der Waals surface area contributed by atoms with Crippen molar-refractivity contribution in [1.82, 2.24) is 42.5 Å². The standard InChI is InChI=1S/C49H74N10O14S/c1-27(2)23-37(44(67)52-26-39(62)54-38(49(72)73)25-30-11-7-6-8-12-30)58-46(69)34(13-9-10-21-50)57-48(71)41(29(4)60)59-47(70)36(20-22-74-5)55-42(65)28(3)53-45(68)35(18-19-40(63)64)56-43(66)33(51)24-31-14-16-32(61)17-15-31/h6-8,11-12,14-17,27-29,33-38,41,60-61H,9-10,13,18-26,50-51H2,1-5H3,(H,52,67)(H,53,68)(H,54,62)(H,55,65)(H,56,66)(H,57,71)(H,58,69)(H,59,70)(H,63,64)(H,72,73)/t28-,29+,33-,34-,35-,36-,37-,38-,41-/m0/s1. The average molecular weight is 1060 g/mol. The lowest BCUT2D eigenvalue weighted by Gasteiger charge is -2.28. The molecule has 0 bridgehead atoms. The number of carboxylic acids is 2. The number of rotatable bonds is 34. The molecule has 2 aromatic carbocycles. The summed E-state index contributed by atoms with van der Waals surface area (Å²) in [5, 5.41) is 59.1. The molecule has 0 heterocycles. The summed E-state index contributed by atoms with van der Waals surface area (Å²) in [5.74, 6) is -9.29. The Morgan fingerprint density at radius 3 is 1.73 bits per heavy atom. The summed E-state index contributed by atoms with van der Waals surface area (Å²) in [6.07, 6.45) is 0.138. The van der Waals surface area contributed by atoms with E-state index in [4.69, 9.17) is 11.5 Å². The first-order valence-corrected chi connectivity index (χ1v) is 25.6. The fourth-order valence-electron chi connectivity index (χ4n) is 7.22. The Labute approximate surface area is 434 Å². The molecule has 8 amide bonds. The van der Waals surface area contributed by atoms with E-state index in [1.165, 1.54) is 37.7 Å². The van der Waals surface area contributed by atoms with Gasteiger partial charge in [-0.1, -0.05) is 56.3 Å². The number of aromatic hydroxyl groups is 1. The van der Waals surface area contributed by atoms with E-state index < -0.39 is 127 Å². The average Bonchev–Trinajstić information content (AvgIpc) is 3.34. The molecule has 0 saturated heterocycles. The number of carbonyl (C=O) groups is 10. The number of phenols is 1. The van der Waals surface area contributed by atoms with Gasteiger partial charge < -0.3 is 74.4 Å². The Morgan fingerprint density at radius 2 is 1.15 bits per heavy atom. The number of carbonyl (C=O) groups excluding carboxylic acids is 8. The highest BCUT2D eigenvalue weighted by Crippen LogP contribution is 2.13. The summed E-state index contributed by atoms with van der Waals surface area (Å²) in [6, 6.07) is 3.65. The van der Waals surface area contributed by atoms with Crippen LogP contribution in [-0.4, -0.2) is 159 Å². The summed E-state index contributed by atoms with van der Waals surface area (Å²) >= 11 is 1.32. The van der Waals surface area contributed by atoms with Crippen molar-refractivity contribution in [2.24, 2.45) is 17.4 Å². The van der Waals surface area contributed by atoms with E-state index in [0.29, 0.717) is 29.7 Å². The minimum absolute atomic E-state index is 0.00207. The van der Waals surface area contributed by atoms with Crippen LogP contribution in [0.5, 0.6) is 5.75 Å². The molecule has 0 fully saturated rings. The van der Waals surface area contributed by atoms with Gasteiger partial charge in [0.25, 0.3) is 0 Å². The number of nitrogens with two attached hydrogens (primary N) is 2. The SMILES string of the molecule is CSCC[C@H](NC(=O)[C@H](C)NC(=O)[C@H](CCC(=O)O)NC(=O)[C@@H](N)Cc1ccc(O)cc1)C(=O)N[C@H](C(=O)N[C@@H](CCCCN)C(=O)N[C@@H](CC(C)C)C(=O)NCC(=O)N[C@@H](Cc1ccccc1)C(=O)O)[C@@H](C)O. The van der Waals surface area contributed by atoms with Gasteiger partial charge in [-0.25, -0.2) is 4.79 Å². The monoisotopic (exact) mass is 1060 g/mol. The van der Waals surface area contributed by atoms with E-state index in [2.05, 4.69) is 42.5 Å². The maximum Gasteiger partial charge on any atom is 0.326 e. The van der Waals surface area contributed by atoms with Crippen molar-refractivity contribution in [3.05, 3.63) is 65.7 Å². The lowest BCUT2D eigenvalue weighted by atomic mass is 10.0. The number of nitrogens with one attached hydrogen (secondary N) is 8. The predicted molar refractivity (Wildman–Crippen MR) is 274 cm³/mol. The molecule has 16 N–H and O–H groups in total. The van der Waals surface area contributed by atoms with Gasteiger partial charge in [0.1, 0.15) is 48.0 Å². The fraction of sp³-hybridized carbons (Fsp3) is 0.551. The Kier molecular flexibility index (Phi) is 28.3. The van der Waals surface area contributed by atoms with Crippen molar-refractivity contribution in [1.29, 1.82) is 0 Å². The molecule has 0 aromatic heterocycles. The Balaban J connectivity index is 2.19. The van der Waals surface area contributed by atoms with Crippen LogP contribution >= 0.6 is 11.8 Å². The first-order valence-electron chi connectivity index (χ1n) is 24.2. The van der Waals surface area contributed by atoms with Crippen molar-refractivity contribution in [2.45, 2.75) is 140 Å². The molecular formula is C49H74N10O14S. The minimum atomic E-state index is -1.69. The fourth-order valence-corrected chi connectivity index (χ4v) is 7.69. The lowest BCUT2D eigenvalue weighted by molar-refractivity contribution is -0.141. The summed E-state index contributed by atoms with van der Waals surface area (Å²) in [6.45, 7) is 5.68. The predicted octanol–water partition coefficient (Wildman–Crippen LogP) is -1.71. The zero-order chi connectivity index (χ0) is 55.5. The second kappa shape index (κ2) is 33.1. The van der Waals surface area contributed by atoms with E-state index in [9.17, 15) is 68.4 Å². The third-order valence-electron chi connectivity index (χ3n) is 11.3. The third-order valence-corrected chi connectivity index (χ3v) is 12.0. The quantitative estimate of drug-likeness (QED) is 0.0347. The number of benzene rings is 2. The highest BCUT2D eigenvalue weighted by atomic mass is 32.2. The van der Waals surface area contributed by atoms with Crippen molar-refractivity contribution >= 4 is 71.0 Å². The molecule has 0 spiro atoms. The van der Waals surface area contributed by atoms with Crippen LogP contribution in [0.1, 0.15) is 83.8 Å². The molecule has 74 heavy (non-hydrogen) atoms. The maximum absolute atomic E-state index is 13.9. The smallest absolute Gasteiger partial charge is 0.326 e. The van der Waals surface area contributed by atoms with Crippen molar-refractivity contribution < 1.29 is 68.4 Å². The molecule has 24 nitrogen and oxygen atoms in total. The number of aliphatic hydroxyl groups excluding tert-OH is 1. The molecular weight excluding hydrogens is 985 g/mol. The summed E-state index contributed by atoms with van der Waals surface area (Å²) < 4.78 is 0. The normalized spacial score (nSPS) is 14.7. The molecule has 2 rings (SSSR count). The second-order valence-corrected chi connectivity index (χ2v) is 19.2. The van der Waals surface area contributed by atoms with Gasteiger partial charge in [-0.15, -0.1) is 0 Å². The highest BCUT2D eigenvalue weighted by molar-refractivity contribution is 7.98. The van der Waals surface area contributed by atoms with Gasteiger partial charge in [0, 0.05) is 12.8 Å². The molecule has 0 saturated carbocycles. The zero-order valence-corrected chi connectivity index (χ0v) is 43.2. The number of phenolic OH excluding ortho intramolecular Hbond substituents is 1. The van der Waals surface area contributed by atoms with Crippen LogP contribution in [0.4, 0.5) is 0 Å². The van der Waals surface area contributed by atoms with Crippen LogP contribution in [-0.2, 0) is 60.8 Å². The third kappa shape index (κ3) is 23.8. The number of unbranched alkanes of at least 4 members (excludes halogenated alkanes) is 1. The number of amides is 8. The second-order valence-electron chi connectivity index (χ2n) is 18.2. The molecule has 0 aliphatic carbocycles. The molecule has 0 aliphatic heterocycles. The molecule has 0 radical (unpaired) electrons. The van der Waals surface area contributed by atoms with Crippen molar-refractivity contribution in [2.75, 3.05) is 25.1 Å². The van der Waals surface area contributed by atoms with Gasteiger partial charge in [-0.05, 0) is 107 Å². The van der Waals surface area contributed by atoms with E-state index in [0.717, 1.165) is 0 Å². The minimum Gasteiger partial charge on any atom is -0.508 e. The number of aliphatic carboxylic acids is 2. The van der Waals surface area contributed by atoms with Gasteiger partial charge in [-0.3, -0.25) is 43.2 Å². The summed E-state index contributed by atoms with van der Waals surface area (Å²) in [5.41, 5.74) is 13.0. The molecule has 0 aliphatic rings. The van der Waals surface area contributed by atoms with Gasteiger partial charge in [0.15, 0.2) is 0 Å². The van der Waals surface area contributed by atoms with E-state index in [1.54, 1.807) is 62.6 Å². The van der Waals surface area contributed by atoms with Crippen molar-refractivity contribution in [3.63, 3.8) is 0 Å². The number of hydrogen-bond donors (Lipinski definition) is 14. The molecule has 410 valence electrons. The van der Waals surface area contributed by atoms with E-state index >= 15 is 0 Å². The highest BCUT2D eigenvalue weighted by Gasteiger charge is 2.35. The molecule has 0 unspecified atom stereocenters. The van der Waals surface area contributed by atoms with Crippen LogP contribution in [0.15, 0.2) is 54.6 Å². The number of thioether (sulfide) groups is 1. The Bertz CT molecular complexity index is 2190. The molecule has 25 heteroatoms. The largest absolute Gasteiger partial charge is 0.508 e. The zero-order valence-electron chi connectivity index (χ0n) is 42.4. The Hall–Kier alpha value is -6.83. The first-order chi connectivity index (χ1) is 34.9. The van der Waals surface area contributed by atoms with Gasteiger partial charge >= 0.3 is 11.9 Å². The van der Waals surface area contributed by atoms with Crippen LogP contribution in [0, 0.1) is 5.92 Å². The van der Waals surface area contributed by atoms with Crippen LogP contribution in [0.25, 0.3) is 0 Å². The van der Waals surface area contributed by atoms with Crippen molar-refractivity contribution in [3.8, 4) is 5.75 Å². The molecule has 2 aromatic rings. The lowest BCUT2D eigenvalue weighted by Crippen LogP contribution is -2.61. The number of carboxylic acid groups (broad SMARTS) is 2. The van der Waals surface area contributed by atoms with Gasteiger partial charge in [0.2, 0.25) is 47.3 Å². The van der Waals surface area contributed by atoms with E-state index in [1.807, 2.05) is 0 Å². The van der Waals surface area contributed by atoms with Gasteiger partial charge in [0.05, 0.1) is 18.7 Å². The Morgan fingerprint density at radius 1 is 0.595 bits per heavy atom. The molecule has 9 atom stereocenters. The maximum atomic E-state index is 13.9. The van der Waals surface area contributed by atoms with Crippen LogP contribution < -0.4 is 54.0 Å². The van der Waals surface area contributed by atoms with E-state index in [-0.39, 0.29) is 56.7 Å². The summed E-state index contributed by atoms with van der Waals surface area (Å²) in [7, 11) is 0. The number of hydrogen-bond acceptors (Lipinski definition) is 15. The number of aliphatic hydroxyl groups is 1.